The van der Waals surface area contributed by atoms with E-state index in [4.69, 9.17) is 5.11 Å². The number of sulfone groups is 1. The molecule has 1 N–H and O–H groups in total. The third-order valence-corrected chi connectivity index (χ3v) is 4.80. The highest BCUT2D eigenvalue weighted by Gasteiger charge is 2.26. The molecule has 1 aromatic rings. The molecule has 20 heavy (non-hydrogen) atoms. The maximum atomic E-state index is 12.3. The Kier molecular flexibility index (Phi) is 4.03. The molecule has 0 aliphatic carbocycles. The molecule has 0 aromatic carbocycles. The van der Waals surface area contributed by atoms with Crippen molar-refractivity contribution < 1.29 is 23.1 Å². The Balaban J connectivity index is 2.26. The molecule has 1 fully saturated rings. The maximum Gasteiger partial charge on any atom is 0.338 e. The lowest BCUT2D eigenvalue weighted by Gasteiger charge is -2.19. The lowest BCUT2D eigenvalue weighted by Crippen LogP contribution is -2.35. The van der Waals surface area contributed by atoms with Gasteiger partial charge in [0.05, 0.1) is 17.1 Å². The van der Waals surface area contributed by atoms with Crippen molar-refractivity contribution in [1.29, 1.82) is 0 Å². The smallest absolute Gasteiger partial charge is 0.338 e. The van der Waals surface area contributed by atoms with Crippen molar-refractivity contribution >= 4 is 21.7 Å². The zero-order valence-electron chi connectivity index (χ0n) is 10.7. The Morgan fingerprint density at radius 2 is 2.00 bits per heavy atom. The molecule has 1 aromatic heterocycles. The molecule has 8 heteroatoms. The van der Waals surface area contributed by atoms with Gasteiger partial charge in [0, 0.05) is 19.3 Å². The van der Waals surface area contributed by atoms with Gasteiger partial charge in [-0.05, 0) is 18.6 Å². The molecule has 0 saturated carbocycles. The maximum absolute atomic E-state index is 12.3. The lowest BCUT2D eigenvalue weighted by atomic mass is 10.1. The van der Waals surface area contributed by atoms with E-state index in [2.05, 4.69) is 4.98 Å². The van der Waals surface area contributed by atoms with Crippen molar-refractivity contribution in [3.05, 3.63) is 29.6 Å². The first-order valence-electron chi connectivity index (χ1n) is 6.09. The van der Waals surface area contributed by atoms with Gasteiger partial charge < -0.3 is 10.0 Å². The number of carboxylic acid groups (broad SMARTS) is 1. The molecule has 2 rings (SSSR count). The predicted octanol–water partition coefficient (Wildman–Crippen LogP) is 0.0405. The van der Waals surface area contributed by atoms with Gasteiger partial charge in [0.1, 0.15) is 5.69 Å². The van der Waals surface area contributed by atoms with Crippen LogP contribution >= 0.6 is 0 Å². The van der Waals surface area contributed by atoms with Gasteiger partial charge in [0.25, 0.3) is 5.91 Å². The monoisotopic (exact) mass is 298 g/mol. The van der Waals surface area contributed by atoms with E-state index in [1.54, 1.807) is 0 Å². The SMILES string of the molecule is O=C(O)c1cccnc1C(=O)N1CCCS(=O)(=O)CC1. The highest BCUT2D eigenvalue weighted by molar-refractivity contribution is 7.91. The number of aromatic carboxylic acids is 1. The van der Waals surface area contributed by atoms with E-state index in [9.17, 15) is 18.0 Å². The van der Waals surface area contributed by atoms with Gasteiger partial charge in [0.15, 0.2) is 9.84 Å². The number of amides is 1. The summed E-state index contributed by atoms with van der Waals surface area (Å²) in [5.41, 5.74) is -0.330. The predicted molar refractivity (Wildman–Crippen MR) is 70.4 cm³/mol. The highest BCUT2D eigenvalue weighted by Crippen LogP contribution is 2.12. The van der Waals surface area contributed by atoms with E-state index in [0.29, 0.717) is 6.42 Å². The molecule has 1 saturated heterocycles. The molecule has 0 radical (unpaired) electrons. The van der Waals surface area contributed by atoms with Crippen molar-refractivity contribution in [2.75, 3.05) is 24.6 Å². The first kappa shape index (κ1) is 14.4. The standard InChI is InChI=1S/C12H14N2O5S/c15-11(10-9(12(16)17)3-1-4-13-10)14-5-2-7-20(18,19)8-6-14/h1,3-4H,2,5-8H2,(H,16,17). The second-order valence-electron chi connectivity index (χ2n) is 4.50. The quantitative estimate of drug-likeness (QED) is 0.826. The van der Waals surface area contributed by atoms with Crippen LogP contribution in [0.25, 0.3) is 0 Å². The van der Waals surface area contributed by atoms with Crippen LogP contribution in [0.2, 0.25) is 0 Å². The van der Waals surface area contributed by atoms with Crippen molar-refractivity contribution in [2.45, 2.75) is 6.42 Å². The molecule has 1 amide bonds. The number of pyridine rings is 1. The van der Waals surface area contributed by atoms with Gasteiger partial charge in [0.2, 0.25) is 0 Å². The number of hydrogen-bond donors (Lipinski definition) is 1. The summed E-state index contributed by atoms with van der Waals surface area (Å²) in [4.78, 5) is 28.5. The third-order valence-electron chi connectivity index (χ3n) is 3.08. The summed E-state index contributed by atoms with van der Waals surface area (Å²) in [5, 5.41) is 9.04. The Labute approximate surface area is 116 Å². The first-order valence-corrected chi connectivity index (χ1v) is 7.91. The van der Waals surface area contributed by atoms with Gasteiger partial charge in [-0.15, -0.1) is 0 Å². The summed E-state index contributed by atoms with van der Waals surface area (Å²) in [6.07, 6.45) is 1.69. The molecule has 1 aliphatic heterocycles. The Morgan fingerprint density at radius 1 is 1.25 bits per heavy atom. The molecule has 0 bridgehead atoms. The number of rotatable bonds is 2. The second kappa shape index (κ2) is 5.58. The molecule has 0 spiro atoms. The van der Waals surface area contributed by atoms with E-state index in [-0.39, 0.29) is 35.9 Å². The summed E-state index contributed by atoms with van der Waals surface area (Å²) < 4.78 is 23.0. The van der Waals surface area contributed by atoms with E-state index >= 15 is 0 Å². The summed E-state index contributed by atoms with van der Waals surface area (Å²) >= 11 is 0. The number of aromatic nitrogens is 1. The fourth-order valence-electron chi connectivity index (χ4n) is 2.04. The summed E-state index contributed by atoms with van der Waals surface area (Å²) in [7, 11) is -3.12. The normalized spacial score (nSPS) is 18.3. The lowest BCUT2D eigenvalue weighted by molar-refractivity contribution is 0.0674. The van der Waals surface area contributed by atoms with Crippen LogP contribution in [0, 0.1) is 0 Å². The van der Waals surface area contributed by atoms with E-state index in [1.165, 1.54) is 23.2 Å². The molecule has 108 valence electrons. The minimum atomic E-state index is -3.12. The highest BCUT2D eigenvalue weighted by atomic mass is 32.2. The second-order valence-corrected chi connectivity index (χ2v) is 6.81. The number of carboxylic acids is 1. The Morgan fingerprint density at radius 3 is 2.70 bits per heavy atom. The van der Waals surface area contributed by atoms with Crippen LogP contribution < -0.4 is 0 Å². The van der Waals surface area contributed by atoms with Crippen molar-refractivity contribution in [1.82, 2.24) is 9.88 Å². The van der Waals surface area contributed by atoms with Gasteiger partial charge in [-0.2, -0.15) is 0 Å². The minimum Gasteiger partial charge on any atom is -0.478 e. The van der Waals surface area contributed by atoms with Crippen LogP contribution in [0.3, 0.4) is 0 Å². The molecule has 0 unspecified atom stereocenters. The number of carbonyl (C=O) groups is 2. The van der Waals surface area contributed by atoms with Gasteiger partial charge in [-0.3, -0.25) is 9.78 Å². The third kappa shape index (κ3) is 3.13. The first-order chi connectivity index (χ1) is 9.41. The van der Waals surface area contributed by atoms with Crippen molar-refractivity contribution in [3.63, 3.8) is 0 Å². The van der Waals surface area contributed by atoms with E-state index in [0.717, 1.165) is 0 Å². The number of nitrogens with zero attached hydrogens (tertiary/aromatic N) is 2. The number of carbonyl (C=O) groups excluding carboxylic acids is 1. The Bertz CT molecular complexity index is 641. The van der Waals surface area contributed by atoms with Gasteiger partial charge in [-0.25, -0.2) is 13.2 Å². The molecule has 7 nitrogen and oxygen atoms in total. The van der Waals surface area contributed by atoms with E-state index < -0.39 is 21.7 Å². The zero-order chi connectivity index (χ0) is 14.8. The Hall–Kier alpha value is -1.96. The van der Waals surface area contributed by atoms with Crippen LogP contribution in [0.1, 0.15) is 27.3 Å². The van der Waals surface area contributed by atoms with Crippen LogP contribution in [0.15, 0.2) is 18.3 Å². The minimum absolute atomic E-state index is 0.0464. The molecule has 1 aliphatic rings. The average molecular weight is 298 g/mol. The molecule has 0 atom stereocenters. The average Bonchev–Trinajstić information content (AvgIpc) is 2.59. The molecular weight excluding hydrogens is 284 g/mol. The molecule has 2 heterocycles. The van der Waals surface area contributed by atoms with Crippen LogP contribution in [0.4, 0.5) is 0 Å². The summed E-state index contributed by atoms with van der Waals surface area (Å²) in [6, 6.07) is 2.74. The fourth-order valence-corrected chi connectivity index (χ4v) is 3.31. The van der Waals surface area contributed by atoms with Crippen LogP contribution in [0.5, 0.6) is 0 Å². The molecular formula is C12H14N2O5S. The van der Waals surface area contributed by atoms with Crippen molar-refractivity contribution in [2.24, 2.45) is 0 Å². The summed E-state index contributed by atoms with van der Waals surface area (Å²) in [6.45, 7) is 0.352. The topological polar surface area (TPSA) is 105 Å². The van der Waals surface area contributed by atoms with Gasteiger partial charge >= 0.3 is 5.97 Å². The number of hydrogen-bond acceptors (Lipinski definition) is 5. The van der Waals surface area contributed by atoms with Gasteiger partial charge in [-0.1, -0.05) is 0 Å². The zero-order valence-corrected chi connectivity index (χ0v) is 11.5. The van der Waals surface area contributed by atoms with Crippen molar-refractivity contribution in [3.8, 4) is 0 Å². The fraction of sp³-hybridized carbons (Fsp3) is 0.417. The van der Waals surface area contributed by atoms with Crippen LogP contribution in [-0.4, -0.2) is 59.9 Å². The largest absolute Gasteiger partial charge is 0.478 e. The van der Waals surface area contributed by atoms with Crippen LogP contribution in [-0.2, 0) is 9.84 Å². The summed E-state index contributed by atoms with van der Waals surface area (Å²) in [5.74, 6) is -1.83. The van der Waals surface area contributed by atoms with E-state index in [1.807, 2.05) is 0 Å².